The van der Waals surface area contributed by atoms with E-state index < -0.39 is 5.54 Å². The van der Waals surface area contributed by atoms with E-state index in [0.29, 0.717) is 11.3 Å². The Morgan fingerprint density at radius 1 is 1.45 bits per heavy atom. The third-order valence-corrected chi connectivity index (χ3v) is 4.63. The zero-order chi connectivity index (χ0) is 14.6. The van der Waals surface area contributed by atoms with Crippen LogP contribution < -0.4 is 5.32 Å². The SMILES string of the molecule is COC(=O)C(C)(CC(C)Sc1ccccc1)NC1CC1. The number of ether oxygens (including phenoxy) is 1. The summed E-state index contributed by atoms with van der Waals surface area (Å²) in [5, 5.41) is 3.79. The molecule has 1 aliphatic rings. The average molecular weight is 293 g/mol. The molecule has 0 amide bonds. The number of hydrogen-bond acceptors (Lipinski definition) is 4. The Morgan fingerprint density at radius 3 is 2.65 bits per heavy atom. The summed E-state index contributed by atoms with van der Waals surface area (Å²) in [4.78, 5) is 13.3. The topological polar surface area (TPSA) is 38.3 Å². The molecule has 1 aliphatic carbocycles. The van der Waals surface area contributed by atoms with Crippen LogP contribution in [-0.2, 0) is 9.53 Å². The lowest BCUT2D eigenvalue weighted by atomic mass is 9.96. The Morgan fingerprint density at radius 2 is 2.10 bits per heavy atom. The highest BCUT2D eigenvalue weighted by atomic mass is 32.2. The first-order chi connectivity index (χ1) is 9.53. The number of esters is 1. The minimum atomic E-state index is -0.586. The molecule has 0 bridgehead atoms. The number of thioether (sulfide) groups is 1. The number of nitrogens with one attached hydrogen (secondary N) is 1. The van der Waals surface area contributed by atoms with Crippen molar-refractivity contribution in [3.8, 4) is 0 Å². The van der Waals surface area contributed by atoms with Gasteiger partial charge in [0, 0.05) is 16.2 Å². The maximum atomic E-state index is 12.1. The van der Waals surface area contributed by atoms with Crippen LogP contribution in [0.15, 0.2) is 35.2 Å². The Balaban J connectivity index is 1.97. The summed E-state index contributed by atoms with van der Waals surface area (Å²) in [7, 11) is 1.46. The summed E-state index contributed by atoms with van der Waals surface area (Å²) < 4.78 is 4.98. The molecule has 1 aromatic rings. The minimum Gasteiger partial charge on any atom is -0.468 e. The van der Waals surface area contributed by atoms with Gasteiger partial charge in [0.2, 0.25) is 0 Å². The second-order valence-electron chi connectivity index (χ2n) is 5.69. The summed E-state index contributed by atoms with van der Waals surface area (Å²) >= 11 is 1.80. The van der Waals surface area contributed by atoms with Gasteiger partial charge in [0.25, 0.3) is 0 Å². The van der Waals surface area contributed by atoms with Gasteiger partial charge in [0.1, 0.15) is 5.54 Å². The molecule has 2 atom stereocenters. The van der Waals surface area contributed by atoms with E-state index in [4.69, 9.17) is 4.74 Å². The molecule has 1 fully saturated rings. The van der Waals surface area contributed by atoms with Crippen LogP contribution in [0.3, 0.4) is 0 Å². The van der Waals surface area contributed by atoms with E-state index in [9.17, 15) is 4.79 Å². The van der Waals surface area contributed by atoms with Crippen LogP contribution in [-0.4, -0.2) is 29.9 Å². The molecule has 1 N–H and O–H groups in total. The maximum absolute atomic E-state index is 12.1. The van der Waals surface area contributed by atoms with Crippen molar-refractivity contribution in [1.29, 1.82) is 0 Å². The van der Waals surface area contributed by atoms with Crippen molar-refractivity contribution in [2.75, 3.05) is 7.11 Å². The Bertz CT molecular complexity index is 447. The molecule has 2 rings (SSSR count). The van der Waals surface area contributed by atoms with Gasteiger partial charge in [-0.25, -0.2) is 0 Å². The number of carbonyl (C=O) groups excluding carboxylic acids is 1. The molecule has 1 saturated carbocycles. The molecule has 0 heterocycles. The molecule has 0 aromatic heterocycles. The first kappa shape index (κ1) is 15.4. The van der Waals surface area contributed by atoms with Gasteiger partial charge in [0.05, 0.1) is 7.11 Å². The molecule has 4 heteroatoms. The lowest BCUT2D eigenvalue weighted by Gasteiger charge is -2.30. The molecule has 0 radical (unpaired) electrons. The molecular weight excluding hydrogens is 270 g/mol. The smallest absolute Gasteiger partial charge is 0.325 e. The van der Waals surface area contributed by atoms with Crippen LogP contribution >= 0.6 is 11.8 Å². The second kappa shape index (κ2) is 6.64. The van der Waals surface area contributed by atoms with Gasteiger partial charge in [-0.3, -0.25) is 10.1 Å². The number of benzene rings is 1. The van der Waals surface area contributed by atoms with Gasteiger partial charge in [-0.1, -0.05) is 25.1 Å². The van der Waals surface area contributed by atoms with Crippen molar-refractivity contribution >= 4 is 17.7 Å². The Hall–Kier alpha value is -1.00. The molecule has 2 unspecified atom stereocenters. The van der Waals surface area contributed by atoms with E-state index >= 15 is 0 Å². The van der Waals surface area contributed by atoms with Gasteiger partial charge >= 0.3 is 5.97 Å². The van der Waals surface area contributed by atoms with Gasteiger partial charge in [-0.15, -0.1) is 11.8 Å². The predicted octanol–water partition coefficient (Wildman–Crippen LogP) is 3.24. The van der Waals surface area contributed by atoms with E-state index in [1.54, 1.807) is 11.8 Å². The van der Waals surface area contributed by atoms with Crippen molar-refractivity contribution < 1.29 is 9.53 Å². The van der Waals surface area contributed by atoms with Crippen molar-refractivity contribution in [2.45, 2.75) is 54.8 Å². The number of hydrogen-bond donors (Lipinski definition) is 1. The van der Waals surface area contributed by atoms with Crippen molar-refractivity contribution in [3.05, 3.63) is 30.3 Å². The summed E-state index contributed by atoms with van der Waals surface area (Å²) in [6, 6.07) is 10.8. The van der Waals surface area contributed by atoms with E-state index in [2.05, 4.69) is 24.4 Å². The zero-order valence-corrected chi connectivity index (χ0v) is 13.2. The largest absolute Gasteiger partial charge is 0.468 e. The summed E-state index contributed by atoms with van der Waals surface area (Å²) in [5.41, 5.74) is -0.586. The Labute approximate surface area is 125 Å². The van der Waals surface area contributed by atoms with E-state index in [0.717, 1.165) is 19.3 Å². The molecule has 1 aromatic carbocycles. The van der Waals surface area contributed by atoms with Crippen LogP contribution in [0, 0.1) is 0 Å². The summed E-state index contributed by atoms with van der Waals surface area (Å²) in [5.74, 6) is -0.162. The number of methoxy groups -OCH3 is 1. The molecule has 110 valence electrons. The quantitative estimate of drug-likeness (QED) is 0.619. The highest BCUT2D eigenvalue weighted by molar-refractivity contribution is 7.99. The zero-order valence-electron chi connectivity index (χ0n) is 12.4. The number of rotatable bonds is 7. The van der Waals surface area contributed by atoms with Crippen LogP contribution in [0.5, 0.6) is 0 Å². The van der Waals surface area contributed by atoms with Crippen LogP contribution in [0.2, 0.25) is 0 Å². The second-order valence-corrected chi connectivity index (χ2v) is 7.20. The monoisotopic (exact) mass is 293 g/mol. The van der Waals surface area contributed by atoms with Crippen molar-refractivity contribution in [3.63, 3.8) is 0 Å². The summed E-state index contributed by atoms with van der Waals surface area (Å²) in [6.45, 7) is 4.12. The maximum Gasteiger partial charge on any atom is 0.325 e. The van der Waals surface area contributed by atoms with Crippen LogP contribution in [0.1, 0.15) is 33.1 Å². The third kappa shape index (κ3) is 4.25. The molecule has 0 saturated heterocycles. The van der Waals surface area contributed by atoms with Crippen molar-refractivity contribution in [2.24, 2.45) is 0 Å². The standard InChI is InChI=1S/C16H23NO2S/c1-12(20-14-7-5-4-6-8-14)11-16(2,15(18)19-3)17-13-9-10-13/h4-8,12-13,17H,9-11H2,1-3H3. The molecule has 20 heavy (non-hydrogen) atoms. The first-order valence-corrected chi connectivity index (χ1v) is 7.99. The van der Waals surface area contributed by atoms with Crippen LogP contribution in [0.4, 0.5) is 0 Å². The van der Waals surface area contributed by atoms with E-state index in [1.807, 2.05) is 25.1 Å². The fourth-order valence-electron chi connectivity index (χ4n) is 2.45. The third-order valence-electron chi connectivity index (χ3n) is 3.51. The molecule has 0 aliphatic heterocycles. The number of carbonyl (C=O) groups is 1. The van der Waals surface area contributed by atoms with Gasteiger partial charge in [-0.2, -0.15) is 0 Å². The Kier molecular flexibility index (Phi) is 5.11. The van der Waals surface area contributed by atoms with E-state index in [1.165, 1.54) is 12.0 Å². The highest BCUT2D eigenvalue weighted by Crippen LogP contribution is 2.31. The van der Waals surface area contributed by atoms with Crippen molar-refractivity contribution in [1.82, 2.24) is 5.32 Å². The molecular formula is C16H23NO2S. The fraction of sp³-hybridized carbons (Fsp3) is 0.562. The minimum absolute atomic E-state index is 0.162. The molecule has 3 nitrogen and oxygen atoms in total. The lowest BCUT2D eigenvalue weighted by molar-refractivity contribution is -0.148. The predicted molar refractivity (Wildman–Crippen MR) is 83.0 cm³/mol. The first-order valence-electron chi connectivity index (χ1n) is 7.11. The van der Waals surface area contributed by atoms with Gasteiger partial charge < -0.3 is 4.74 Å². The normalized spacial score (nSPS) is 19.1. The van der Waals surface area contributed by atoms with Gasteiger partial charge in [-0.05, 0) is 38.3 Å². The molecule has 0 spiro atoms. The summed E-state index contributed by atoms with van der Waals surface area (Å²) in [6.07, 6.45) is 3.08. The highest BCUT2D eigenvalue weighted by Gasteiger charge is 2.40. The fourth-order valence-corrected chi connectivity index (χ4v) is 3.65. The van der Waals surface area contributed by atoms with Crippen LogP contribution in [0.25, 0.3) is 0 Å². The average Bonchev–Trinajstić information content (AvgIpc) is 3.22. The lowest BCUT2D eigenvalue weighted by Crippen LogP contribution is -2.52. The van der Waals surface area contributed by atoms with Gasteiger partial charge in [0.15, 0.2) is 0 Å². The van der Waals surface area contributed by atoms with E-state index in [-0.39, 0.29) is 5.97 Å².